The Morgan fingerprint density at radius 1 is 1.25 bits per heavy atom. The molecule has 0 bridgehead atoms. The van der Waals surface area contributed by atoms with E-state index in [1.54, 1.807) is 24.3 Å². The highest BCUT2D eigenvalue weighted by atomic mass is 35.5. The molecule has 13 heteroatoms. The van der Waals surface area contributed by atoms with E-state index in [-0.39, 0.29) is 16.6 Å². The summed E-state index contributed by atoms with van der Waals surface area (Å²) in [5, 5.41) is 17.2. The maximum absolute atomic E-state index is 12.8. The van der Waals surface area contributed by atoms with E-state index in [2.05, 4.69) is 15.8 Å². The van der Waals surface area contributed by atoms with Gasteiger partial charge in [0.15, 0.2) is 11.0 Å². The molecule has 0 unspecified atom stereocenters. The van der Waals surface area contributed by atoms with E-state index in [0.29, 0.717) is 15.6 Å². The number of nitro benzene ring substituents is 1. The van der Waals surface area contributed by atoms with Gasteiger partial charge in [0.25, 0.3) is 11.6 Å². The van der Waals surface area contributed by atoms with Crippen LogP contribution in [-0.2, 0) is 14.4 Å². The molecule has 1 fully saturated rings. The average molecular weight is 492 g/mol. The lowest BCUT2D eigenvalue weighted by molar-refractivity contribution is -0.384. The van der Waals surface area contributed by atoms with Crippen molar-refractivity contribution in [2.45, 2.75) is 4.90 Å². The quantitative estimate of drug-likeness (QED) is 0.152. The summed E-state index contributed by atoms with van der Waals surface area (Å²) in [6.45, 7) is 0. The molecule has 3 amide bonds. The van der Waals surface area contributed by atoms with Crippen molar-refractivity contribution in [2.24, 2.45) is 11.0 Å². The second-order valence-electron chi connectivity index (χ2n) is 6.27. The van der Waals surface area contributed by atoms with Crippen LogP contribution in [0.2, 0.25) is 5.02 Å². The molecule has 32 heavy (non-hydrogen) atoms. The third-order valence-corrected chi connectivity index (χ3v) is 5.67. The van der Waals surface area contributed by atoms with Gasteiger partial charge in [-0.25, -0.2) is 5.43 Å². The van der Waals surface area contributed by atoms with Gasteiger partial charge in [0.1, 0.15) is 0 Å². The van der Waals surface area contributed by atoms with Crippen LogP contribution in [0, 0.1) is 16.0 Å². The van der Waals surface area contributed by atoms with Crippen molar-refractivity contribution in [3.63, 3.8) is 0 Å². The number of nitro groups is 1. The van der Waals surface area contributed by atoms with Crippen LogP contribution in [0.1, 0.15) is 0 Å². The van der Waals surface area contributed by atoms with Crippen LogP contribution in [0.5, 0.6) is 0 Å². The van der Waals surface area contributed by atoms with Crippen LogP contribution in [0.25, 0.3) is 0 Å². The summed E-state index contributed by atoms with van der Waals surface area (Å²) in [4.78, 5) is 48.9. The van der Waals surface area contributed by atoms with Gasteiger partial charge in [-0.2, -0.15) is 5.10 Å². The molecule has 1 aliphatic heterocycles. The van der Waals surface area contributed by atoms with Crippen LogP contribution in [-0.4, -0.2) is 39.7 Å². The first-order chi connectivity index (χ1) is 15.3. The van der Waals surface area contributed by atoms with Gasteiger partial charge in [-0.3, -0.25) is 29.4 Å². The molecule has 164 valence electrons. The number of benzene rings is 2. The molecule has 0 saturated carbocycles. The first-order valence-electron chi connectivity index (χ1n) is 8.90. The number of thioether (sulfide) groups is 1. The number of hydrazone groups is 1. The van der Waals surface area contributed by atoms with Crippen molar-refractivity contribution in [3.05, 3.63) is 63.7 Å². The minimum Gasteiger partial charge on any atom is -0.301 e. The number of amides is 3. The van der Waals surface area contributed by atoms with E-state index < -0.39 is 28.6 Å². The summed E-state index contributed by atoms with van der Waals surface area (Å²) in [5.41, 5.74) is 2.62. The zero-order valence-electron chi connectivity index (χ0n) is 16.1. The number of carbonyl (C=O) groups excluding carboxylic acids is 3. The van der Waals surface area contributed by atoms with Gasteiger partial charge in [-0.05, 0) is 48.6 Å². The van der Waals surface area contributed by atoms with E-state index in [1.807, 2.05) is 0 Å². The Labute approximate surface area is 196 Å². The number of non-ortho nitro benzene ring substituents is 1. The van der Waals surface area contributed by atoms with Gasteiger partial charge in [0, 0.05) is 28.3 Å². The molecule has 0 spiro atoms. The molecule has 2 aromatic rings. The van der Waals surface area contributed by atoms with Gasteiger partial charge in [-0.15, -0.1) is 11.8 Å². The molecular weight excluding hydrogens is 478 g/mol. The van der Waals surface area contributed by atoms with Crippen LogP contribution >= 0.6 is 35.6 Å². The van der Waals surface area contributed by atoms with Crippen LogP contribution < -0.4 is 15.6 Å². The Morgan fingerprint density at radius 2 is 1.91 bits per heavy atom. The van der Waals surface area contributed by atoms with E-state index >= 15 is 0 Å². The molecule has 1 saturated heterocycles. The van der Waals surface area contributed by atoms with Crippen molar-refractivity contribution < 1.29 is 19.3 Å². The summed E-state index contributed by atoms with van der Waals surface area (Å²) >= 11 is 12.1. The Bertz CT molecular complexity index is 1110. The largest absolute Gasteiger partial charge is 0.301 e. The summed E-state index contributed by atoms with van der Waals surface area (Å²) < 4.78 is 0. The average Bonchev–Trinajstić information content (AvgIpc) is 2.76. The molecule has 0 aromatic heterocycles. The summed E-state index contributed by atoms with van der Waals surface area (Å²) in [6, 6.07) is 12.0. The van der Waals surface area contributed by atoms with Gasteiger partial charge >= 0.3 is 0 Å². The molecule has 3 rings (SSSR count). The van der Waals surface area contributed by atoms with Gasteiger partial charge in [0.2, 0.25) is 11.8 Å². The summed E-state index contributed by atoms with van der Waals surface area (Å²) in [6.07, 6.45) is 1.02. The highest BCUT2D eigenvalue weighted by Crippen LogP contribution is 2.23. The van der Waals surface area contributed by atoms with E-state index in [0.717, 1.165) is 22.9 Å². The topological polar surface area (TPSA) is 134 Å². The molecule has 10 nitrogen and oxygen atoms in total. The fourth-order valence-corrected chi connectivity index (χ4v) is 3.70. The molecule has 0 radical (unpaired) electrons. The number of hydrogen-bond acceptors (Lipinski definition) is 8. The smallest absolute Gasteiger partial charge is 0.269 e. The standard InChI is InChI=1S/C19H14ClN5O5S2/c20-11-1-3-12(4-2-11)24-18(28)15(17(27)22-19(24)31)9-21-23-16(26)10-32-14-7-5-13(6-8-14)25(29)30/h1-9,15H,10H2,(H,23,26)(H,22,27,31)/b21-9-/t15-/m1/s1. The van der Waals surface area contributed by atoms with E-state index in [4.69, 9.17) is 23.8 Å². The minimum absolute atomic E-state index is 0.0268. The van der Waals surface area contributed by atoms with E-state index in [1.165, 1.54) is 24.3 Å². The number of carbonyl (C=O) groups is 3. The Morgan fingerprint density at radius 3 is 2.53 bits per heavy atom. The Balaban J connectivity index is 1.58. The molecular formula is C19H14ClN5O5S2. The first-order valence-corrected chi connectivity index (χ1v) is 10.7. The van der Waals surface area contributed by atoms with Crippen LogP contribution in [0.3, 0.4) is 0 Å². The zero-order valence-corrected chi connectivity index (χ0v) is 18.4. The van der Waals surface area contributed by atoms with Gasteiger partial charge in [-0.1, -0.05) is 11.6 Å². The van der Waals surface area contributed by atoms with Gasteiger partial charge in [0.05, 0.1) is 16.4 Å². The lowest BCUT2D eigenvalue weighted by Gasteiger charge is -2.30. The molecule has 1 aliphatic rings. The highest BCUT2D eigenvalue weighted by Gasteiger charge is 2.38. The van der Waals surface area contributed by atoms with E-state index in [9.17, 15) is 24.5 Å². The Kier molecular flexibility index (Phi) is 7.51. The summed E-state index contributed by atoms with van der Waals surface area (Å²) in [7, 11) is 0. The number of rotatable bonds is 7. The predicted molar refractivity (Wildman–Crippen MR) is 124 cm³/mol. The van der Waals surface area contributed by atoms with Crippen molar-refractivity contribution >= 4 is 76.0 Å². The monoisotopic (exact) mass is 491 g/mol. The number of halogens is 1. The molecule has 1 heterocycles. The van der Waals surface area contributed by atoms with Crippen molar-refractivity contribution in [1.82, 2.24) is 10.7 Å². The molecule has 0 aliphatic carbocycles. The van der Waals surface area contributed by atoms with Crippen molar-refractivity contribution in [2.75, 3.05) is 10.7 Å². The normalized spacial score (nSPS) is 16.2. The third kappa shape index (κ3) is 5.66. The summed E-state index contributed by atoms with van der Waals surface area (Å²) in [5.74, 6) is -3.10. The SMILES string of the molecule is O=C(CSc1ccc([N+](=O)[O-])cc1)N/N=C\[C@@H]1C(=O)NC(=S)N(c2ccc(Cl)cc2)C1=O. The van der Waals surface area contributed by atoms with Crippen LogP contribution in [0.4, 0.5) is 11.4 Å². The Hall–Kier alpha value is -3.35. The maximum atomic E-state index is 12.8. The first kappa shape index (κ1) is 23.3. The fourth-order valence-electron chi connectivity index (χ4n) is 2.59. The van der Waals surface area contributed by atoms with Crippen molar-refractivity contribution in [1.29, 1.82) is 0 Å². The zero-order chi connectivity index (χ0) is 23.3. The lowest BCUT2D eigenvalue weighted by Crippen LogP contribution is -2.58. The number of thiocarbonyl (C=S) groups is 1. The highest BCUT2D eigenvalue weighted by molar-refractivity contribution is 8.00. The molecule has 2 aromatic carbocycles. The fraction of sp³-hybridized carbons (Fsp3) is 0.105. The minimum atomic E-state index is -1.29. The molecule has 1 atom stereocenters. The van der Waals surface area contributed by atoms with Crippen LogP contribution in [0.15, 0.2) is 58.5 Å². The third-order valence-electron chi connectivity index (χ3n) is 4.12. The number of nitrogens with one attached hydrogen (secondary N) is 2. The number of hydrogen-bond donors (Lipinski definition) is 2. The lowest BCUT2D eigenvalue weighted by atomic mass is 10.1. The number of anilines is 1. The number of nitrogens with zero attached hydrogens (tertiary/aromatic N) is 3. The second-order valence-corrected chi connectivity index (χ2v) is 8.15. The second kappa shape index (κ2) is 10.3. The maximum Gasteiger partial charge on any atom is 0.269 e. The van der Waals surface area contributed by atoms with Crippen molar-refractivity contribution in [3.8, 4) is 0 Å². The molecule has 2 N–H and O–H groups in total. The van der Waals surface area contributed by atoms with Gasteiger partial charge < -0.3 is 5.32 Å². The predicted octanol–water partition coefficient (Wildman–Crippen LogP) is 2.51.